The summed E-state index contributed by atoms with van der Waals surface area (Å²) in [5.74, 6) is -0.117. The molecular weight excluding hydrogens is 300 g/mol. The van der Waals surface area contributed by atoms with E-state index in [9.17, 15) is 9.59 Å². The normalized spacial score (nSPS) is 14.1. The monoisotopic (exact) mass is 312 g/mol. The van der Waals surface area contributed by atoms with E-state index in [-0.39, 0.29) is 11.7 Å². The number of imidazole rings is 1. The zero-order chi connectivity index (χ0) is 15.1. The number of aromatic amines is 1. The van der Waals surface area contributed by atoms with Gasteiger partial charge in [-0.25, -0.2) is 9.97 Å². The molecule has 2 heterocycles. The number of amides is 1. The molecule has 1 aromatic carbocycles. The fourth-order valence-corrected chi connectivity index (χ4v) is 3.54. The maximum Gasteiger partial charge on any atom is 0.257 e. The fourth-order valence-electron chi connectivity index (χ4n) is 2.57. The van der Waals surface area contributed by atoms with Crippen LogP contribution >= 0.6 is 11.3 Å². The third-order valence-electron chi connectivity index (χ3n) is 3.67. The number of hydrogen-bond acceptors (Lipinski definition) is 5. The van der Waals surface area contributed by atoms with Crippen LogP contribution in [0.1, 0.15) is 38.6 Å². The van der Waals surface area contributed by atoms with Gasteiger partial charge in [0.25, 0.3) is 5.91 Å². The Morgan fingerprint density at radius 1 is 1.32 bits per heavy atom. The number of nitrogens with zero attached hydrogens (tertiary/aromatic N) is 2. The molecule has 2 N–H and O–H groups in total. The number of thiazole rings is 1. The highest BCUT2D eigenvalue weighted by Crippen LogP contribution is 2.29. The van der Waals surface area contributed by atoms with Crippen LogP contribution < -0.4 is 5.32 Å². The van der Waals surface area contributed by atoms with Gasteiger partial charge in [0.1, 0.15) is 0 Å². The Kier molecular flexibility index (Phi) is 3.00. The molecule has 6 nitrogen and oxygen atoms in total. The van der Waals surface area contributed by atoms with Crippen LogP contribution in [-0.2, 0) is 6.42 Å². The smallest absolute Gasteiger partial charge is 0.257 e. The molecule has 0 unspecified atom stereocenters. The number of hydrogen-bond donors (Lipinski definition) is 2. The van der Waals surface area contributed by atoms with Crippen molar-refractivity contribution in [3.63, 3.8) is 0 Å². The molecular formula is C15H12N4O2S. The summed E-state index contributed by atoms with van der Waals surface area (Å²) in [5, 5.41) is 3.26. The van der Waals surface area contributed by atoms with E-state index in [2.05, 4.69) is 20.3 Å². The Morgan fingerprint density at radius 3 is 3.09 bits per heavy atom. The minimum absolute atomic E-state index is 0.123. The second kappa shape index (κ2) is 5.03. The number of carbonyl (C=O) groups excluding carboxylic acids is 2. The Balaban J connectivity index is 1.60. The van der Waals surface area contributed by atoms with Gasteiger partial charge in [-0.15, -0.1) is 0 Å². The summed E-state index contributed by atoms with van der Waals surface area (Å²) in [5.41, 5.74) is 2.95. The van der Waals surface area contributed by atoms with Gasteiger partial charge in [-0.3, -0.25) is 14.9 Å². The number of benzene rings is 1. The quantitative estimate of drug-likeness (QED) is 0.761. The summed E-state index contributed by atoms with van der Waals surface area (Å²) < 4.78 is 0. The largest absolute Gasteiger partial charge is 0.345 e. The van der Waals surface area contributed by atoms with Gasteiger partial charge in [0, 0.05) is 12.0 Å². The number of aryl methyl sites for hydroxylation is 1. The van der Waals surface area contributed by atoms with Gasteiger partial charge in [0.2, 0.25) is 0 Å². The molecule has 7 heteroatoms. The van der Waals surface area contributed by atoms with Gasteiger partial charge < -0.3 is 4.98 Å². The number of Topliss-reactive ketones (excluding diaryl/α,β-unsaturated/α-hetero) is 1. The van der Waals surface area contributed by atoms with Gasteiger partial charge in [-0.05, 0) is 31.0 Å². The number of fused-ring (bicyclic) bond motifs is 2. The number of nitrogens with one attached hydrogen (secondary N) is 2. The van der Waals surface area contributed by atoms with Gasteiger partial charge in [-0.1, -0.05) is 11.3 Å². The number of H-pyrrole nitrogens is 1. The second-order valence-electron chi connectivity index (χ2n) is 5.16. The van der Waals surface area contributed by atoms with E-state index < -0.39 is 0 Å². The third kappa shape index (κ3) is 2.19. The summed E-state index contributed by atoms with van der Waals surface area (Å²) in [7, 11) is 0. The highest BCUT2D eigenvalue weighted by atomic mass is 32.1. The summed E-state index contributed by atoms with van der Waals surface area (Å²) in [6.07, 6.45) is 3.79. The second-order valence-corrected chi connectivity index (χ2v) is 6.16. The minimum Gasteiger partial charge on any atom is -0.345 e. The summed E-state index contributed by atoms with van der Waals surface area (Å²) in [6.45, 7) is 0. The molecule has 0 saturated heterocycles. The van der Waals surface area contributed by atoms with Gasteiger partial charge in [0.15, 0.2) is 10.9 Å². The van der Waals surface area contributed by atoms with Crippen molar-refractivity contribution in [2.75, 3.05) is 5.32 Å². The maximum absolute atomic E-state index is 12.3. The molecule has 110 valence electrons. The van der Waals surface area contributed by atoms with Crippen LogP contribution in [0.25, 0.3) is 11.0 Å². The first-order chi connectivity index (χ1) is 10.7. The van der Waals surface area contributed by atoms with E-state index in [1.165, 1.54) is 11.3 Å². The van der Waals surface area contributed by atoms with Gasteiger partial charge in [-0.2, -0.15) is 0 Å². The standard InChI is InChI=1S/C15H12N4O2S/c20-12-3-1-2-10-13(12)22-15(18-10)19-14(21)8-4-5-9-11(6-8)17-7-16-9/h4-7H,1-3H2,(H,16,17)(H,18,19,21). The molecule has 1 amide bonds. The molecule has 0 radical (unpaired) electrons. The van der Waals surface area contributed by atoms with Crippen LogP contribution in [0, 0.1) is 0 Å². The minimum atomic E-state index is -0.241. The predicted octanol–water partition coefficient (Wildman–Crippen LogP) is 2.79. The van der Waals surface area contributed by atoms with Crippen molar-refractivity contribution in [2.24, 2.45) is 0 Å². The van der Waals surface area contributed by atoms with Crippen LogP contribution in [0.4, 0.5) is 5.13 Å². The molecule has 1 aliphatic carbocycles. The SMILES string of the molecule is O=C(Nc1nc2c(s1)C(=O)CCC2)c1ccc2nc[nH]c2c1. The van der Waals surface area contributed by atoms with Crippen LogP contribution in [0.15, 0.2) is 24.5 Å². The maximum atomic E-state index is 12.3. The highest BCUT2D eigenvalue weighted by molar-refractivity contribution is 7.17. The predicted molar refractivity (Wildman–Crippen MR) is 83.4 cm³/mol. The Morgan fingerprint density at radius 2 is 2.23 bits per heavy atom. The van der Waals surface area contributed by atoms with Crippen molar-refractivity contribution in [2.45, 2.75) is 19.3 Å². The van der Waals surface area contributed by atoms with Crippen molar-refractivity contribution in [1.29, 1.82) is 0 Å². The summed E-state index contributed by atoms with van der Waals surface area (Å²) in [6, 6.07) is 5.25. The molecule has 22 heavy (non-hydrogen) atoms. The molecule has 0 bridgehead atoms. The lowest BCUT2D eigenvalue weighted by Crippen LogP contribution is -2.11. The zero-order valence-corrected chi connectivity index (χ0v) is 12.4. The molecule has 1 aliphatic rings. The van der Waals surface area contributed by atoms with E-state index in [1.54, 1.807) is 24.5 Å². The van der Waals surface area contributed by atoms with E-state index in [4.69, 9.17) is 0 Å². The molecule has 0 atom stereocenters. The molecule has 4 rings (SSSR count). The van der Waals surface area contributed by atoms with Crippen LogP contribution in [0.3, 0.4) is 0 Å². The average Bonchev–Trinajstić information content (AvgIpc) is 3.13. The van der Waals surface area contributed by atoms with Crippen LogP contribution in [0.5, 0.6) is 0 Å². The van der Waals surface area contributed by atoms with E-state index in [1.807, 2.05) is 0 Å². The summed E-state index contributed by atoms with van der Waals surface area (Å²) >= 11 is 1.26. The lowest BCUT2D eigenvalue weighted by atomic mass is 10.0. The van der Waals surface area contributed by atoms with Crippen molar-refractivity contribution in [3.05, 3.63) is 40.7 Å². The van der Waals surface area contributed by atoms with Crippen molar-refractivity contribution < 1.29 is 9.59 Å². The Bertz CT molecular complexity index is 896. The third-order valence-corrected chi connectivity index (χ3v) is 4.73. The van der Waals surface area contributed by atoms with Crippen molar-refractivity contribution >= 4 is 39.2 Å². The lowest BCUT2D eigenvalue weighted by molar-refractivity contribution is 0.0975. The summed E-state index contributed by atoms with van der Waals surface area (Å²) in [4.78, 5) is 36.3. The number of carbonyl (C=O) groups is 2. The van der Waals surface area contributed by atoms with Crippen LogP contribution in [0.2, 0.25) is 0 Å². The van der Waals surface area contributed by atoms with E-state index >= 15 is 0 Å². The number of ketones is 1. The Labute approximate surface area is 129 Å². The molecule has 0 saturated carbocycles. The molecule has 0 fully saturated rings. The van der Waals surface area contributed by atoms with Crippen LogP contribution in [-0.4, -0.2) is 26.6 Å². The molecule has 2 aromatic heterocycles. The first-order valence-corrected chi connectivity index (χ1v) is 7.80. The first-order valence-electron chi connectivity index (χ1n) is 6.98. The van der Waals surface area contributed by atoms with Crippen molar-refractivity contribution in [3.8, 4) is 0 Å². The lowest BCUT2D eigenvalue weighted by Gasteiger charge is -2.05. The van der Waals surface area contributed by atoms with E-state index in [0.29, 0.717) is 22.0 Å². The fraction of sp³-hybridized carbons (Fsp3) is 0.200. The number of rotatable bonds is 2. The first kappa shape index (κ1) is 13.1. The Hall–Kier alpha value is -2.54. The van der Waals surface area contributed by atoms with Gasteiger partial charge in [0.05, 0.1) is 27.9 Å². The highest BCUT2D eigenvalue weighted by Gasteiger charge is 2.23. The van der Waals surface area contributed by atoms with E-state index in [0.717, 1.165) is 29.6 Å². The molecule has 0 spiro atoms. The zero-order valence-electron chi connectivity index (χ0n) is 11.5. The van der Waals surface area contributed by atoms with Crippen molar-refractivity contribution in [1.82, 2.24) is 15.0 Å². The number of anilines is 1. The number of aromatic nitrogens is 3. The molecule has 0 aliphatic heterocycles. The van der Waals surface area contributed by atoms with Gasteiger partial charge >= 0.3 is 0 Å². The topological polar surface area (TPSA) is 87.7 Å². The molecule has 3 aromatic rings. The average molecular weight is 312 g/mol.